The van der Waals surface area contributed by atoms with Crippen LogP contribution >= 0.6 is 22.6 Å². The second-order valence-electron chi connectivity index (χ2n) is 5.58. The summed E-state index contributed by atoms with van der Waals surface area (Å²) in [7, 11) is 3.05. The summed E-state index contributed by atoms with van der Waals surface area (Å²) in [5, 5.41) is 2.19. The molecule has 1 saturated heterocycles. The van der Waals surface area contributed by atoms with Crippen molar-refractivity contribution in [3.8, 4) is 11.5 Å². The third kappa shape index (κ3) is 3.95. The number of benzene rings is 2. The third-order valence-electron chi connectivity index (χ3n) is 3.87. The molecule has 1 aliphatic rings. The molecule has 4 amide bonds. The Hall–Kier alpha value is -2.88. The van der Waals surface area contributed by atoms with Crippen LogP contribution in [0.1, 0.15) is 5.56 Å². The van der Waals surface area contributed by atoms with Gasteiger partial charge in [-0.3, -0.25) is 14.9 Å². The monoisotopic (exact) mass is 478 g/mol. The van der Waals surface area contributed by atoms with E-state index in [1.807, 2.05) is 6.07 Å². The fourth-order valence-corrected chi connectivity index (χ4v) is 3.24. The van der Waals surface area contributed by atoms with Crippen molar-refractivity contribution in [1.82, 2.24) is 5.32 Å². The molecule has 1 fully saturated rings. The molecule has 1 N–H and O–H groups in total. The summed E-state index contributed by atoms with van der Waals surface area (Å²) in [5.74, 6) is -0.263. The van der Waals surface area contributed by atoms with E-state index in [4.69, 9.17) is 9.47 Å². The second kappa shape index (κ2) is 7.78. The number of urea groups is 1. The van der Waals surface area contributed by atoms with Crippen molar-refractivity contribution in [3.63, 3.8) is 0 Å². The smallest absolute Gasteiger partial charge is 0.335 e. The van der Waals surface area contributed by atoms with Crippen LogP contribution in [0, 0.1) is 3.57 Å². The van der Waals surface area contributed by atoms with E-state index >= 15 is 0 Å². The van der Waals surface area contributed by atoms with Gasteiger partial charge in [0, 0.05) is 3.57 Å². The number of methoxy groups -OCH3 is 2. The van der Waals surface area contributed by atoms with Gasteiger partial charge in [-0.15, -0.1) is 0 Å². The average Bonchev–Trinajstić information content (AvgIpc) is 2.65. The molecular formula is C19H15IN2O5. The van der Waals surface area contributed by atoms with E-state index in [1.165, 1.54) is 20.3 Å². The highest BCUT2D eigenvalue weighted by molar-refractivity contribution is 14.1. The van der Waals surface area contributed by atoms with Crippen LogP contribution in [0.15, 0.2) is 48.0 Å². The number of hydrogen-bond donors (Lipinski definition) is 1. The first-order valence-corrected chi connectivity index (χ1v) is 8.91. The average molecular weight is 478 g/mol. The molecule has 2 aromatic carbocycles. The maximum atomic E-state index is 12.9. The maximum Gasteiger partial charge on any atom is 0.335 e. The summed E-state index contributed by atoms with van der Waals surface area (Å²) < 4.78 is 11.2. The summed E-state index contributed by atoms with van der Waals surface area (Å²) in [5.41, 5.74) is 0.799. The van der Waals surface area contributed by atoms with Crippen LogP contribution in [0.25, 0.3) is 6.08 Å². The Morgan fingerprint density at radius 2 is 1.63 bits per heavy atom. The lowest BCUT2D eigenvalue weighted by Crippen LogP contribution is -2.54. The number of ether oxygens (including phenoxy) is 2. The van der Waals surface area contributed by atoms with Gasteiger partial charge in [-0.1, -0.05) is 0 Å². The molecule has 0 aromatic heterocycles. The predicted molar refractivity (Wildman–Crippen MR) is 108 cm³/mol. The van der Waals surface area contributed by atoms with E-state index in [9.17, 15) is 14.4 Å². The van der Waals surface area contributed by atoms with E-state index < -0.39 is 17.8 Å². The van der Waals surface area contributed by atoms with Crippen molar-refractivity contribution >= 4 is 52.2 Å². The Kier molecular flexibility index (Phi) is 5.45. The number of anilines is 1. The van der Waals surface area contributed by atoms with Gasteiger partial charge in [-0.05, 0) is 76.7 Å². The van der Waals surface area contributed by atoms with Gasteiger partial charge in [0.25, 0.3) is 11.8 Å². The van der Waals surface area contributed by atoms with Crippen LogP contribution in [-0.4, -0.2) is 32.1 Å². The van der Waals surface area contributed by atoms with Crippen LogP contribution in [0.5, 0.6) is 11.5 Å². The van der Waals surface area contributed by atoms with Gasteiger partial charge in [-0.2, -0.15) is 0 Å². The Morgan fingerprint density at radius 3 is 2.26 bits per heavy atom. The molecule has 7 nitrogen and oxygen atoms in total. The van der Waals surface area contributed by atoms with Gasteiger partial charge in [-0.25, -0.2) is 9.69 Å². The quantitative estimate of drug-likeness (QED) is 0.415. The summed E-state index contributed by atoms with van der Waals surface area (Å²) >= 11 is 2.11. The topological polar surface area (TPSA) is 84.9 Å². The summed E-state index contributed by atoms with van der Waals surface area (Å²) in [6.45, 7) is 0. The summed E-state index contributed by atoms with van der Waals surface area (Å²) in [4.78, 5) is 38.2. The zero-order chi connectivity index (χ0) is 19.6. The number of carbonyl (C=O) groups excluding carboxylic acids is 3. The van der Waals surface area contributed by atoms with Crippen LogP contribution in [-0.2, 0) is 9.59 Å². The maximum absolute atomic E-state index is 12.9. The van der Waals surface area contributed by atoms with Gasteiger partial charge >= 0.3 is 6.03 Å². The highest BCUT2D eigenvalue weighted by Gasteiger charge is 2.36. The zero-order valence-electron chi connectivity index (χ0n) is 14.5. The highest BCUT2D eigenvalue weighted by atomic mass is 127. The number of amides is 4. The number of nitrogens with one attached hydrogen (secondary N) is 1. The zero-order valence-corrected chi connectivity index (χ0v) is 16.6. The van der Waals surface area contributed by atoms with Crippen molar-refractivity contribution < 1.29 is 23.9 Å². The van der Waals surface area contributed by atoms with Crippen LogP contribution in [0.3, 0.4) is 0 Å². The van der Waals surface area contributed by atoms with Crippen LogP contribution in [0.4, 0.5) is 10.5 Å². The third-order valence-corrected chi connectivity index (χ3v) is 4.50. The Labute approximate surface area is 169 Å². The van der Waals surface area contributed by atoms with Crippen molar-refractivity contribution in [3.05, 3.63) is 57.2 Å². The molecule has 0 saturated carbocycles. The van der Waals surface area contributed by atoms with E-state index in [2.05, 4.69) is 27.9 Å². The standard InChI is InChI=1S/C19H15IN2O5/c1-26-14-5-3-13(4-6-14)22-18(24)16(17(23)21-19(22)25)9-11-7-12(20)10-15(8-11)27-2/h3-10H,1-2H3,(H,21,23,25)/b16-9+. The van der Waals surface area contributed by atoms with E-state index in [1.54, 1.807) is 36.4 Å². The molecule has 3 rings (SSSR count). The minimum atomic E-state index is -0.799. The Bertz CT molecular complexity index is 953. The van der Waals surface area contributed by atoms with Crippen LogP contribution < -0.4 is 19.7 Å². The van der Waals surface area contributed by atoms with E-state index in [0.29, 0.717) is 22.7 Å². The molecule has 0 spiro atoms. The highest BCUT2D eigenvalue weighted by Crippen LogP contribution is 2.25. The number of imide groups is 2. The van der Waals surface area contributed by atoms with Gasteiger partial charge in [0.2, 0.25) is 0 Å². The fourth-order valence-electron chi connectivity index (χ4n) is 2.58. The first-order valence-electron chi connectivity index (χ1n) is 7.83. The van der Waals surface area contributed by atoms with Gasteiger partial charge in [0.1, 0.15) is 17.1 Å². The molecule has 0 atom stereocenters. The molecule has 1 aliphatic heterocycles. The number of hydrogen-bond acceptors (Lipinski definition) is 5. The molecular weight excluding hydrogens is 463 g/mol. The summed E-state index contributed by atoms with van der Waals surface area (Å²) in [6, 6.07) is 10.9. The number of carbonyl (C=O) groups is 3. The molecule has 0 bridgehead atoms. The molecule has 2 aromatic rings. The first-order chi connectivity index (χ1) is 12.9. The van der Waals surface area contributed by atoms with Gasteiger partial charge < -0.3 is 9.47 Å². The lowest BCUT2D eigenvalue weighted by Gasteiger charge is -2.26. The van der Waals surface area contributed by atoms with Crippen LogP contribution in [0.2, 0.25) is 0 Å². The minimum absolute atomic E-state index is 0.144. The van der Waals surface area contributed by atoms with E-state index in [0.717, 1.165) is 8.47 Å². The SMILES string of the molecule is COc1ccc(N2C(=O)NC(=O)/C(=C\c3cc(I)cc(OC)c3)C2=O)cc1. The van der Waals surface area contributed by atoms with Crippen molar-refractivity contribution in [2.45, 2.75) is 0 Å². The number of nitrogens with zero attached hydrogens (tertiary/aromatic N) is 1. The lowest BCUT2D eigenvalue weighted by molar-refractivity contribution is -0.122. The number of barbiturate groups is 1. The van der Waals surface area contributed by atoms with Gasteiger partial charge in [0.05, 0.1) is 19.9 Å². The second-order valence-corrected chi connectivity index (χ2v) is 6.83. The number of rotatable bonds is 4. The summed E-state index contributed by atoms with van der Waals surface area (Å²) in [6.07, 6.45) is 1.44. The van der Waals surface area contributed by atoms with E-state index in [-0.39, 0.29) is 5.57 Å². The molecule has 8 heteroatoms. The minimum Gasteiger partial charge on any atom is -0.497 e. The Morgan fingerprint density at radius 1 is 0.963 bits per heavy atom. The molecule has 0 aliphatic carbocycles. The largest absolute Gasteiger partial charge is 0.497 e. The lowest BCUT2D eigenvalue weighted by atomic mass is 10.1. The van der Waals surface area contributed by atoms with Crippen molar-refractivity contribution in [2.24, 2.45) is 0 Å². The number of halogens is 1. The predicted octanol–water partition coefficient (Wildman–Crippen LogP) is 2.97. The molecule has 138 valence electrons. The fraction of sp³-hybridized carbons (Fsp3) is 0.105. The molecule has 0 radical (unpaired) electrons. The molecule has 0 unspecified atom stereocenters. The van der Waals surface area contributed by atoms with Gasteiger partial charge in [0.15, 0.2) is 0 Å². The first kappa shape index (κ1) is 18.9. The van der Waals surface area contributed by atoms with Crippen molar-refractivity contribution in [1.29, 1.82) is 0 Å². The normalized spacial score (nSPS) is 15.7. The Balaban J connectivity index is 2.00. The van der Waals surface area contributed by atoms with Crippen molar-refractivity contribution in [2.75, 3.05) is 19.1 Å². The molecule has 27 heavy (non-hydrogen) atoms. The molecule has 1 heterocycles.